The molecule has 0 amide bonds. The van der Waals surface area contributed by atoms with Crippen LogP contribution < -0.4 is 4.74 Å². The molecule has 0 radical (unpaired) electrons. The van der Waals surface area contributed by atoms with E-state index in [9.17, 15) is 9.90 Å². The van der Waals surface area contributed by atoms with Crippen molar-refractivity contribution in [2.75, 3.05) is 7.11 Å². The second kappa shape index (κ2) is 5.31. The summed E-state index contributed by atoms with van der Waals surface area (Å²) in [7, 11) is 1.50. The molecule has 6 nitrogen and oxygen atoms in total. The normalized spacial score (nSPS) is 10.9. The smallest absolute Gasteiger partial charge is 0.337 e. The first-order chi connectivity index (χ1) is 10.5. The molecule has 0 spiro atoms. The zero-order valence-corrected chi connectivity index (χ0v) is 12.6. The molecule has 0 aliphatic carbocycles. The molecule has 3 aromatic heterocycles. The minimum atomic E-state index is -1.04. The lowest BCUT2D eigenvalue weighted by atomic mass is 10.0. The number of carbonyl (C=O) groups is 1. The van der Waals surface area contributed by atoms with Crippen molar-refractivity contribution < 1.29 is 14.6 Å². The molecule has 3 aromatic rings. The molecule has 3 rings (SSSR count). The molecule has 112 valence electrons. The number of rotatable bonds is 3. The van der Waals surface area contributed by atoms with Gasteiger partial charge in [0, 0.05) is 17.3 Å². The van der Waals surface area contributed by atoms with Gasteiger partial charge in [0.1, 0.15) is 16.7 Å². The van der Waals surface area contributed by atoms with Gasteiger partial charge in [-0.15, -0.1) is 0 Å². The summed E-state index contributed by atoms with van der Waals surface area (Å²) in [5, 5.41) is 9.79. The van der Waals surface area contributed by atoms with Gasteiger partial charge in [0.2, 0.25) is 0 Å². The second-order valence-corrected chi connectivity index (χ2v) is 5.10. The number of aryl methyl sites for hydroxylation is 1. The van der Waals surface area contributed by atoms with E-state index in [0.29, 0.717) is 22.7 Å². The second-order valence-electron chi connectivity index (χ2n) is 4.71. The van der Waals surface area contributed by atoms with E-state index in [4.69, 9.17) is 16.3 Å². The molecule has 0 saturated carbocycles. The number of aromatic nitrogens is 3. The van der Waals surface area contributed by atoms with Crippen LogP contribution in [0.2, 0.25) is 5.15 Å². The van der Waals surface area contributed by atoms with Crippen LogP contribution in [-0.4, -0.2) is 32.6 Å². The molecule has 0 fully saturated rings. The minimum absolute atomic E-state index is 0.133. The highest BCUT2D eigenvalue weighted by molar-refractivity contribution is 6.29. The molecule has 0 aliphatic heterocycles. The third-order valence-electron chi connectivity index (χ3n) is 3.43. The van der Waals surface area contributed by atoms with Gasteiger partial charge in [-0.25, -0.2) is 14.8 Å². The molecule has 1 N–H and O–H groups in total. The summed E-state index contributed by atoms with van der Waals surface area (Å²) in [4.78, 5) is 19.8. The molecule has 0 unspecified atom stereocenters. The van der Waals surface area contributed by atoms with E-state index >= 15 is 0 Å². The van der Waals surface area contributed by atoms with Gasteiger partial charge in [-0.3, -0.25) is 0 Å². The van der Waals surface area contributed by atoms with Crippen molar-refractivity contribution in [1.82, 2.24) is 14.4 Å². The van der Waals surface area contributed by atoms with Crippen molar-refractivity contribution >= 4 is 23.1 Å². The van der Waals surface area contributed by atoms with E-state index in [1.807, 2.05) is 6.92 Å². The van der Waals surface area contributed by atoms with Gasteiger partial charge in [-0.2, -0.15) is 0 Å². The Hall–Kier alpha value is -2.60. The maximum atomic E-state index is 11.6. The van der Waals surface area contributed by atoms with Gasteiger partial charge in [0.05, 0.1) is 30.6 Å². The monoisotopic (exact) mass is 317 g/mol. The predicted molar refractivity (Wildman–Crippen MR) is 81.7 cm³/mol. The Morgan fingerprint density at radius 3 is 2.73 bits per heavy atom. The van der Waals surface area contributed by atoms with Crippen molar-refractivity contribution in [2.24, 2.45) is 0 Å². The first-order valence-corrected chi connectivity index (χ1v) is 6.80. The largest absolute Gasteiger partial charge is 0.494 e. The van der Waals surface area contributed by atoms with E-state index in [0.717, 1.165) is 5.52 Å². The average molecular weight is 318 g/mol. The summed E-state index contributed by atoms with van der Waals surface area (Å²) < 4.78 is 6.99. The minimum Gasteiger partial charge on any atom is -0.494 e. The molecule has 0 bridgehead atoms. The Kier molecular flexibility index (Phi) is 3.46. The van der Waals surface area contributed by atoms with Crippen LogP contribution in [0.15, 0.2) is 30.7 Å². The lowest BCUT2D eigenvalue weighted by Crippen LogP contribution is -2.04. The summed E-state index contributed by atoms with van der Waals surface area (Å²) in [6, 6.07) is 3.33. The highest BCUT2D eigenvalue weighted by atomic mass is 35.5. The number of hydrogen-bond donors (Lipinski definition) is 1. The predicted octanol–water partition coefficient (Wildman–Crippen LogP) is 3.06. The van der Waals surface area contributed by atoms with Crippen LogP contribution in [0.25, 0.3) is 16.6 Å². The number of carboxylic acids is 1. The number of methoxy groups -OCH3 is 1. The molecule has 0 aromatic carbocycles. The summed E-state index contributed by atoms with van der Waals surface area (Å²) in [6.07, 6.45) is 4.69. The zero-order chi connectivity index (χ0) is 15.9. The maximum Gasteiger partial charge on any atom is 0.337 e. The van der Waals surface area contributed by atoms with Crippen LogP contribution in [0, 0.1) is 6.92 Å². The average Bonchev–Trinajstić information content (AvgIpc) is 2.86. The molecule has 0 atom stereocenters. The van der Waals surface area contributed by atoms with Gasteiger partial charge in [0.25, 0.3) is 0 Å². The number of fused-ring (bicyclic) bond motifs is 1. The van der Waals surface area contributed by atoms with Crippen molar-refractivity contribution in [3.05, 3.63) is 47.3 Å². The van der Waals surface area contributed by atoms with Gasteiger partial charge in [-0.05, 0) is 19.1 Å². The number of halogens is 1. The number of aromatic carboxylic acids is 1. The van der Waals surface area contributed by atoms with Gasteiger partial charge >= 0.3 is 5.97 Å². The Morgan fingerprint density at radius 2 is 2.05 bits per heavy atom. The van der Waals surface area contributed by atoms with Crippen LogP contribution in [0.4, 0.5) is 0 Å². The standard InChI is InChI=1S/C15H12ClN3O3/c1-8-17-5-9-3-10(12(15(20)21)7-19(8)9)11-4-14(16)18-6-13(11)22-2/h3-7H,1-2H3,(H,20,21). The Balaban J connectivity index is 2.36. The SMILES string of the molecule is COc1cnc(Cl)cc1-c1cc2cnc(C)n2cc1C(=O)O. The lowest BCUT2D eigenvalue weighted by Gasteiger charge is -2.12. The molecule has 3 heterocycles. The number of hydrogen-bond acceptors (Lipinski definition) is 4. The highest BCUT2D eigenvalue weighted by Gasteiger charge is 2.18. The van der Waals surface area contributed by atoms with E-state index in [1.165, 1.54) is 13.3 Å². The van der Waals surface area contributed by atoms with E-state index in [2.05, 4.69) is 9.97 Å². The topological polar surface area (TPSA) is 76.7 Å². The fourth-order valence-corrected chi connectivity index (χ4v) is 2.51. The summed E-state index contributed by atoms with van der Waals surface area (Å²) >= 11 is 5.95. The quantitative estimate of drug-likeness (QED) is 0.751. The number of ether oxygens (including phenoxy) is 1. The number of carboxylic acid groups (broad SMARTS) is 1. The van der Waals surface area contributed by atoms with Gasteiger partial charge in [0.15, 0.2) is 0 Å². The van der Waals surface area contributed by atoms with E-state index in [-0.39, 0.29) is 10.7 Å². The fraction of sp³-hybridized carbons (Fsp3) is 0.133. The molecular formula is C15H12ClN3O3. The maximum absolute atomic E-state index is 11.6. The fourth-order valence-electron chi connectivity index (χ4n) is 2.35. The molecule has 7 heteroatoms. The molecule has 0 aliphatic rings. The number of pyridine rings is 2. The van der Waals surface area contributed by atoms with E-state index in [1.54, 1.807) is 28.9 Å². The van der Waals surface area contributed by atoms with Gasteiger partial charge in [-0.1, -0.05) is 11.6 Å². The van der Waals surface area contributed by atoms with Crippen molar-refractivity contribution in [3.63, 3.8) is 0 Å². The van der Waals surface area contributed by atoms with Crippen LogP contribution >= 0.6 is 11.6 Å². The number of imidazole rings is 1. The Bertz CT molecular complexity index is 889. The van der Waals surface area contributed by atoms with Crippen molar-refractivity contribution in [1.29, 1.82) is 0 Å². The summed E-state index contributed by atoms with van der Waals surface area (Å²) in [5.74, 6) is 0.122. The van der Waals surface area contributed by atoms with Crippen molar-refractivity contribution in [2.45, 2.75) is 6.92 Å². The molecule has 0 saturated heterocycles. The van der Waals surface area contributed by atoms with Crippen LogP contribution in [-0.2, 0) is 0 Å². The van der Waals surface area contributed by atoms with Crippen LogP contribution in [0.5, 0.6) is 5.75 Å². The van der Waals surface area contributed by atoms with Gasteiger partial charge < -0.3 is 14.2 Å². The highest BCUT2D eigenvalue weighted by Crippen LogP contribution is 2.34. The summed E-state index contributed by atoms with van der Waals surface area (Å²) in [6.45, 7) is 1.81. The molecule has 22 heavy (non-hydrogen) atoms. The number of nitrogens with zero attached hydrogens (tertiary/aromatic N) is 3. The molecular weight excluding hydrogens is 306 g/mol. The van der Waals surface area contributed by atoms with Crippen molar-refractivity contribution in [3.8, 4) is 16.9 Å². The lowest BCUT2D eigenvalue weighted by molar-refractivity contribution is 0.0697. The van der Waals surface area contributed by atoms with Crippen LogP contribution in [0.3, 0.4) is 0 Å². The third kappa shape index (κ3) is 2.27. The first-order valence-electron chi connectivity index (χ1n) is 6.42. The Labute approximate surface area is 131 Å². The first kappa shape index (κ1) is 14.3. The van der Waals surface area contributed by atoms with Crippen LogP contribution in [0.1, 0.15) is 16.2 Å². The third-order valence-corrected chi connectivity index (χ3v) is 3.63. The zero-order valence-electron chi connectivity index (χ0n) is 11.9. The van der Waals surface area contributed by atoms with E-state index < -0.39 is 5.97 Å². The Morgan fingerprint density at radius 1 is 1.27 bits per heavy atom. The summed E-state index contributed by atoms with van der Waals surface area (Å²) in [5.41, 5.74) is 1.99.